The van der Waals surface area contributed by atoms with Crippen molar-refractivity contribution in [3.63, 3.8) is 0 Å². The molecule has 0 heterocycles. The van der Waals surface area contributed by atoms with Crippen LogP contribution in [0.25, 0.3) is 0 Å². The Balaban J connectivity index is 3.12. The Kier molecular flexibility index (Phi) is 4.16. The molecular weight excluding hydrogens is 252 g/mol. The smallest absolute Gasteiger partial charge is 0.189 e. The van der Waals surface area contributed by atoms with Crippen LogP contribution in [0, 0.1) is 5.41 Å². The number of para-hydroxylation sites is 1. The molecule has 1 rings (SSSR count). The summed E-state index contributed by atoms with van der Waals surface area (Å²) in [6.45, 7) is 5.10. The van der Waals surface area contributed by atoms with Crippen LogP contribution < -0.4 is 4.74 Å². The van der Waals surface area contributed by atoms with Crippen LogP contribution in [0.1, 0.15) is 20.8 Å². The van der Waals surface area contributed by atoms with E-state index in [0.717, 1.165) is 0 Å². The van der Waals surface area contributed by atoms with E-state index in [1.54, 1.807) is 39.0 Å². The third kappa shape index (κ3) is 3.32. The Bertz CT molecular complexity index is 538. The second kappa shape index (κ2) is 5.10. The van der Waals surface area contributed by atoms with E-state index < -0.39 is 21.0 Å². The molecule has 0 radical (unpaired) electrons. The molecule has 1 aromatic rings. The number of methoxy groups -OCH3 is 1. The number of Topliss-reactive ketones (excluding diaryl/α,β-unsaturated/α-hetero) is 1. The fourth-order valence-corrected chi connectivity index (χ4v) is 3.02. The molecule has 0 aliphatic carbocycles. The molecule has 0 fully saturated rings. The molecule has 0 bridgehead atoms. The van der Waals surface area contributed by atoms with Crippen molar-refractivity contribution in [2.24, 2.45) is 5.41 Å². The summed E-state index contributed by atoms with van der Waals surface area (Å²) in [4.78, 5) is 11.9. The van der Waals surface area contributed by atoms with Gasteiger partial charge in [-0.1, -0.05) is 32.9 Å². The largest absolute Gasteiger partial charge is 0.495 e. The van der Waals surface area contributed by atoms with Crippen molar-refractivity contribution in [1.29, 1.82) is 0 Å². The van der Waals surface area contributed by atoms with E-state index in [4.69, 9.17) is 4.74 Å². The van der Waals surface area contributed by atoms with Gasteiger partial charge >= 0.3 is 0 Å². The fourth-order valence-electron chi connectivity index (χ4n) is 1.34. The minimum atomic E-state index is -3.66. The zero-order valence-corrected chi connectivity index (χ0v) is 11.9. The summed E-state index contributed by atoms with van der Waals surface area (Å²) in [6, 6.07) is 6.30. The van der Waals surface area contributed by atoms with Gasteiger partial charge < -0.3 is 4.74 Å². The van der Waals surface area contributed by atoms with Gasteiger partial charge in [-0.05, 0) is 12.1 Å². The lowest BCUT2D eigenvalue weighted by Gasteiger charge is -2.17. The number of carbonyl (C=O) groups excluding carboxylic acids is 1. The van der Waals surface area contributed by atoms with Gasteiger partial charge in [0.1, 0.15) is 16.4 Å². The normalized spacial score (nSPS) is 12.2. The maximum Gasteiger partial charge on any atom is 0.189 e. The first-order valence-electron chi connectivity index (χ1n) is 5.57. The quantitative estimate of drug-likeness (QED) is 0.840. The topological polar surface area (TPSA) is 60.4 Å². The van der Waals surface area contributed by atoms with Gasteiger partial charge in [-0.25, -0.2) is 8.42 Å². The highest BCUT2D eigenvalue weighted by Crippen LogP contribution is 2.26. The maximum absolute atomic E-state index is 12.2. The second-order valence-corrected chi connectivity index (χ2v) is 7.04. The summed E-state index contributed by atoms with van der Waals surface area (Å²) in [5, 5.41) is 0. The first kappa shape index (κ1) is 14.7. The van der Waals surface area contributed by atoms with Gasteiger partial charge in [0.15, 0.2) is 15.6 Å². The highest BCUT2D eigenvalue weighted by molar-refractivity contribution is 7.92. The lowest BCUT2D eigenvalue weighted by atomic mass is 9.92. The van der Waals surface area contributed by atoms with Crippen LogP contribution in [0.5, 0.6) is 5.75 Å². The van der Waals surface area contributed by atoms with Crippen LogP contribution in [-0.4, -0.2) is 27.1 Å². The number of hydrogen-bond donors (Lipinski definition) is 0. The van der Waals surface area contributed by atoms with Crippen molar-refractivity contribution >= 4 is 15.6 Å². The molecule has 5 heteroatoms. The van der Waals surface area contributed by atoms with Crippen molar-refractivity contribution in [2.45, 2.75) is 25.7 Å². The van der Waals surface area contributed by atoms with Crippen LogP contribution >= 0.6 is 0 Å². The summed E-state index contributed by atoms with van der Waals surface area (Å²) in [5.74, 6) is -0.552. The SMILES string of the molecule is COc1ccccc1S(=O)(=O)CC(=O)C(C)(C)C. The molecule has 4 nitrogen and oxygen atoms in total. The third-order valence-corrected chi connectivity index (χ3v) is 4.21. The van der Waals surface area contributed by atoms with E-state index in [2.05, 4.69) is 0 Å². The maximum atomic E-state index is 12.2. The Labute approximate surface area is 108 Å². The number of hydrogen-bond acceptors (Lipinski definition) is 4. The van der Waals surface area contributed by atoms with Gasteiger partial charge in [0.2, 0.25) is 0 Å². The van der Waals surface area contributed by atoms with Gasteiger partial charge in [-0.15, -0.1) is 0 Å². The molecule has 0 aromatic heterocycles. The van der Waals surface area contributed by atoms with Gasteiger partial charge in [0.25, 0.3) is 0 Å². The summed E-state index contributed by atoms with van der Waals surface area (Å²) < 4.78 is 29.3. The van der Waals surface area contributed by atoms with E-state index in [9.17, 15) is 13.2 Å². The number of ether oxygens (including phenoxy) is 1. The molecule has 0 unspecified atom stereocenters. The monoisotopic (exact) mass is 270 g/mol. The van der Waals surface area contributed by atoms with Gasteiger partial charge in [0.05, 0.1) is 7.11 Å². The van der Waals surface area contributed by atoms with Gasteiger partial charge in [-0.3, -0.25) is 4.79 Å². The van der Waals surface area contributed by atoms with Crippen molar-refractivity contribution in [3.05, 3.63) is 24.3 Å². The van der Waals surface area contributed by atoms with E-state index in [1.165, 1.54) is 13.2 Å². The van der Waals surface area contributed by atoms with E-state index in [1.807, 2.05) is 0 Å². The predicted molar refractivity (Wildman–Crippen MR) is 69.5 cm³/mol. The van der Waals surface area contributed by atoms with Crippen molar-refractivity contribution in [1.82, 2.24) is 0 Å². The summed E-state index contributed by atoms with van der Waals surface area (Å²) in [7, 11) is -2.26. The van der Waals surface area contributed by atoms with E-state index >= 15 is 0 Å². The lowest BCUT2D eigenvalue weighted by molar-refractivity contribution is -0.123. The molecule has 100 valence electrons. The molecule has 0 saturated heterocycles. The predicted octanol–water partition coefficient (Wildman–Crippen LogP) is 2.08. The number of sulfone groups is 1. The number of benzene rings is 1. The number of ketones is 1. The van der Waals surface area contributed by atoms with E-state index in [0.29, 0.717) is 0 Å². The molecule has 0 N–H and O–H groups in total. The molecule has 0 atom stereocenters. The van der Waals surface area contributed by atoms with Crippen molar-refractivity contribution in [2.75, 3.05) is 12.9 Å². The Hall–Kier alpha value is -1.36. The minimum absolute atomic E-state index is 0.0603. The number of rotatable bonds is 4. The summed E-state index contributed by atoms with van der Waals surface area (Å²) in [6.07, 6.45) is 0. The lowest BCUT2D eigenvalue weighted by Crippen LogP contribution is -2.28. The standard InChI is InChI=1S/C13H18O4S/c1-13(2,3)12(14)9-18(15,16)11-8-6-5-7-10(11)17-4/h5-8H,9H2,1-4H3. The first-order valence-corrected chi connectivity index (χ1v) is 7.23. The van der Waals surface area contributed by atoms with Crippen LogP contribution in [0.15, 0.2) is 29.2 Å². The molecule has 0 spiro atoms. The zero-order valence-electron chi connectivity index (χ0n) is 11.1. The number of carbonyl (C=O) groups is 1. The zero-order chi connectivity index (χ0) is 14.0. The third-order valence-electron chi connectivity index (χ3n) is 2.56. The molecule has 1 aromatic carbocycles. The van der Waals surface area contributed by atoms with Crippen LogP contribution in [-0.2, 0) is 14.6 Å². The summed E-state index contributed by atoms with van der Waals surface area (Å²) >= 11 is 0. The molecule has 0 aliphatic heterocycles. The first-order chi connectivity index (χ1) is 8.18. The Morgan fingerprint density at radius 1 is 1.22 bits per heavy atom. The average molecular weight is 270 g/mol. The second-order valence-electron chi connectivity index (χ2n) is 5.08. The molecule has 18 heavy (non-hydrogen) atoms. The Morgan fingerprint density at radius 2 is 1.78 bits per heavy atom. The Morgan fingerprint density at radius 3 is 2.28 bits per heavy atom. The van der Waals surface area contributed by atoms with Crippen LogP contribution in [0.3, 0.4) is 0 Å². The van der Waals surface area contributed by atoms with Crippen LogP contribution in [0.2, 0.25) is 0 Å². The van der Waals surface area contributed by atoms with Crippen molar-refractivity contribution < 1.29 is 17.9 Å². The average Bonchev–Trinajstić information content (AvgIpc) is 2.27. The molecule has 0 aliphatic rings. The van der Waals surface area contributed by atoms with Crippen molar-refractivity contribution in [3.8, 4) is 5.75 Å². The summed E-state index contributed by atoms with van der Waals surface area (Å²) in [5.41, 5.74) is -0.672. The molecule has 0 saturated carbocycles. The van der Waals surface area contributed by atoms with Gasteiger partial charge in [-0.2, -0.15) is 0 Å². The van der Waals surface area contributed by atoms with E-state index in [-0.39, 0.29) is 16.4 Å². The van der Waals surface area contributed by atoms with Crippen LogP contribution in [0.4, 0.5) is 0 Å². The fraction of sp³-hybridized carbons (Fsp3) is 0.462. The molecular formula is C13H18O4S. The minimum Gasteiger partial charge on any atom is -0.495 e. The highest BCUT2D eigenvalue weighted by Gasteiger charge is 2.29. The molecule has 0 amide bonds. The highest BCUT2D eigenvalue weighted by atomic mass is 32.2. The van der Waals surface area contributed by atoms with Gasteiger partial charge in [0, 0.05) is 5.41 Å².